The summed E-state index contributed by atoms with van der Waals surface area (Å²) in [5, 5.41) is 6.30. The Morgan fingerprint density at radius 3 is 2.46 bits per heavy atom. The SMILES string of the molecule is CCOc1ccc(Nc2ncc(C(=O)Nc3cc(Cl)ccc3OC)cn2)cc1. The highest BCUT2D eigenvalue weighted by Crippen LogP contribution is 2.28. The van der Waals surface area contributed by atoms with E-state index in [0.717, 1.165) is 11.4 Å². The predicted molar refractivity (Wildman–Crippen MR) is 109 cm³/mol. The van der Waals surface area contributed by atoms with Gasteiger partial charge in [-0.05, 0) is 49.4 Å². The molecule has 0 bridgehead atoms. The second kappa shape index (κ2) is 9.05. The summed E-state index contributed by atoms with van der Waals surface area (Å²) in [7, 11) is 1.52. The van der Waals surface area contributed by atoms with Gasteiger partial charge in [-0.2, -0.15) is 0 Å². The first-order valence-electron chi connectivity index (χ1n) is 8.56. The number of methoxy groups -OCH3 is 1. The number of anilines is 3. The van der Waals surface area contributed by atoms with E-state index in [1.807, 2.05) is 31.2 Å². The Labute approximate surface area is 167 Å². The van der Waals surface area contributed by atoms with Gasteiger partial charge in [0.2, 0.25) is 5.95 Å². The fourth-order valence-corrected chi connectivity index (χ4v) is 2.58. The number of ether oxygens (including phenoxy) is 2. The quantitative estimate of drug-likeness (QED) is 0.608. The molecule has 0 unspecified atom stereocenters. The highest BCUT2D eigenvalue weighted by Gasteiger charge is 2.11. The first kappa shape index (κ1) is 19.4. The van der Waals surface area contributed by atoms with Crippen LogP contribution in [0.2, 0.25) is 5.02 Å². The summed E-state index contributed by atoms with van der Waals surface area (Å²) in [5.74, 6) is 1.30. The van der Waals surface area contributed by atoms with Crippen LogP contribution >= 0.6 is 11.6 Å². The monoisotopic (exact) mass is 398 g/mol. The van der Waals surface area contributed by atoms with Crippen molar-refractivity contribution in [3.05, 3.63) is 65.4 Å². The van der Waals surface area contributed by atoms with Crippen LogP contribution in [0.5, 0.6) is 11.5 Å². The topological polar surface area (TPSA) is 85.4 Å². The van der Waals surface area contributed by atoms with Gasteiger partial charge in [-0.25, -0.2) is 9.97 Å². The van der Waals surface area contributed by atoms with E-state index in [1.54, 1.807) is 18.2 Å². The minimum absolute atomic E-state index is 0.305. The van der Waals surface area contributed by atoms with Crippen molar-refractivity contribution in [2.45, 2.75) is 6.92 Å². The summed E-state index contributed by atoms with van der Waals surface area (Å²) in [6.07, 6.45) is 2.88. The zero-order valence-corrected chi connectivity index (χ0v) is 16.2. The number of rotatable bonds is 7. The number of halogens is 1. The van der Waals surface area contributed by atoms with Gasteiger partial charge in [-0.3, -0.25) is 4.79 Å². The van der Waals surface area contributed by atoms with Gasteiger partial charge < -0.3 is 20.1 Å². The van der Waals surface area contributed by atoms with E-state index in [-0.39, 0.29) is 5.91 Å². The minimum Gasteiger partial charge on any atom is -0.495 e. The van der Waals surface area contributed by atoms with Crippen LogP contribution in [0.25, 0.3) is 0 Å². The van der Waals surface area contributed by atoms with E-state index in [4.69, 9.17) is 21.1 Å². The number of aromatic nitrogens is 2. The molecule has 28 heavy (non-hydrogen) atoms. The van der Waals surface area contributed by atoms with E-state index in [9.17, 15) is 4.79 Å². The average Bonchev–Trinajstić information content (AvgIpc) is 2.70. The summed E-state index contributed by atoms with van der Waals surface area (Å²) in [4.78, 5) is 20.8. The highest BCUT2D eigenvalue weighted by molar-refractivity contribution is 6.31. The molecule has 2 aromatic carbocycles. The second-order valence-electron chi connectivity index (χ2n) is 5.68. The van der Waals surface area contributed by atoms with Gasteiger partial charge in [-0.15, -0.1) is 0 Å². The lowest BCUT2D eigenvalue weighted by molar-refractivity contribution is 0.102. The molecule has 0 atom stereocenters. The number of nitrogens with one attached hydrogen (secondary N) is 2. The van der Waals surface area contributed by atoms with Crippen molar-refractivity contribution in [3.63, 3.8) is 0 Å². The molecule has 0 fully saturated rings. The van der Waals surface area contributed by atoms with Crippen LogP contribution in [0.3, 0.4) is 0 Å². The number of amides is 1. The van der Waals surface area contributed by atoms with Crippen molar-refractivity contribution < 1.29 is 14.3 Å². The number of carbonyl (C=O) groups is 1. The Balaban J connectivity index is 1.66. The van der Waals surface area contributed by atoms with E-state index in [1.165, 1.54) is 19.5 Å². The summed E-state index contributed by atoms with van der Waals surface area (Å²) >= 11 is 5.98. The molecule has 3 aromatic rings. The van der Waals surface area contributed by atoms with Crippen molar-refractivity contribution in [3.8, 4) is 11.5 Å². The molecule has 0 spiro atoms. The standard InChI is InChI=1S/C20H19ClN4O3/c1-3-28-16-7-5-15(6-8-16)24-20-22-11-13(12-23-20)19(26)25-17-10-14(21)4-9-18(17)27-2/h4-12H,3H2,1-2H3,(H,25,26)(H,22,23,24). The molecule has 2 N–H and O–H groups in total. The predicted octanol–water partition coefficient (Wildman–Crippen LogP) is 4.53. The number of benzene rings is 2. The summed E-state index contributed by atoms with van der Waals surface area (Å²) in [6.45, 7) is 2.54. The second-order valence-corrected chi connectivity index (χ2v) is 6.11. The number of hydrogen-bond donors (Lipinski definition) is 2. The van der Waals surface area contributed by atoms with Crippen molar-refractivity contribution in [2.75, 3.05) is 24.4 Å². The molecule has 0 radical (unpaired) electrons. The summed E-state index contributed by atoms with van der Waals surface area (Å²) < 4.78 is 10.6. The molecular formula is C20H19ClN4O3. The minimum atomic E-state index is -0.367. The summed E-state index contributed by atoms with van der Waals surface area (Å²) in [5.41, 5.74) is 1.58. The lowest BCUT2D eigenvalue weighted by atomic mass is 10.2. The molecule has 0 aliphatic carbocycles. The van der Waals surface area contributed by atoms with Gasteiger partial charge in [0.1, 0.15) is 11.5 Å². The van der Waals surface area contributed by atoms with Crippen molar-refractivity contribution in [1.82, 2.24) is 9.97 Å². The van der Waals surface area contributed by atoms with Crippen molar-refractivity contribution >= 4 is 34.8 Å². The Hall–Kier alpha value is -3.32. The van der Waals surface area contributed by atoms with Gasteiger partial charge in [-0.1, -0.05) is 11.6 Å². The van der Waals surface area contributed by atoms with E-state index >= 15 is 0 Å². The molecule has 0 aliphatic heterocycles. The maximum atomic E-state index is 12.4. The van der Waals surface area contributed by atoms with Crippen molar-refractivity contribution in [2.24, 2.45) is 0 Å². The zero-order valence-electron chi connectivity index (χ0n) is 15.4. The molecule has 1 aromatic heterocycles. The first-order chi connectivity index (χ1) is 13.6. The molecule has 0 aliphatic rings. The molecule has 7 nitrogen and oxygen atoms in total. The normalized spacial score (nSPS) is 10.2. The third kappa shape index (κ3) is 4.89. The van der Waals surface area contributed by atoms with Gasteiger partial charge in [0.05, 0.1) is 25.0 Å². The number of carbonyl (C=O) groups excluding carboxylic acids is 1. The maximum absolute atomic E-state index is 12.4. The largest absolute Gasteiger partial charge is 0.495 e. The smallest absolute Gasteiger partial charge is 0.258 e. The van der Waals surface area contributed by atoms with E-state index in [2.05, 4.69) is 20.6 Å². The average molecular weight is 399 g/mol. The van der Waals surface area contributed by atoms with Gasteiger partial charge in [0.25, 0.3) is 5.91 Å². The molecule has 1 heterocycles. The van der Waals surface area contributed by atoms with Crippen LogP contribution in [-0.4, -0.2) is 29.6 Å². The number of hydrogen-bond acceptors (Lipinski definition) is 6. The lowest BCUT2D eigenvalue weighted by Crippen LogP contribution is -2.13. The van der Waals surface area contributed by atoms with Crippen molar-refractivity contribution in [1.29, 1.82) is 0 Å². The Morgan fingerprint density at radius 1 is 1.11 bits per heavy atom. The Kier molecular flexibility index (Phi) is 6.29. The Bertz CT molecular complexity index is 947. The van der Waals surface area contributed by atoms with Crippen LogP contribution < -0.4 is 20.1 Å². The molecule has 1 amide bonds. The molecule has 144 valence electrons. The molecule has 8 heteroatoms. The van der Waals surface area contributed by atoms with Crippen LogP contribution in [0.4, 0.5) is 17.3 Å². The zero-order chi connectivity index (χ0) is 19.9. The Morgan fingerprint density at radius 2 is 1.82 bits per heavy atom. The maximum Gasteiger partial charge on any atom is 0.258 e. The van der Waals surface area contributed by atoms with Gasteiger partial charge >= 0.3 is 0 Å². The first-order valence-corrected chi connectivity index (χ1v) is 8.93. The van der Waals surface area contributed by atoms with Gasteiger partial charge in [0.15, 0.2) is 0 Å². The molecule has 0 saturated carbocycles. The molecule has 3 rings (SSSR count). The van der Waals surface area contributed by atoms with Crippen LogP contribution in [0.1, 0.15) is 17.3 Å². The van der Waals surface area contributed by atoms with Gasteiger partial charge in [0, 0.05) is 23.1 Å². The fraction of sp³-hybridized carbons (Fsp3) is 0.150. The lowest BCUT2D eigenvalue weighted by Gasteiger charge is -2.11. The number of nitrogens with zero attached hydrogens (tertiary/aromatic N) is 2. The van der Waals surface area contributed by atoms with Crippen LogP contribution in [0.15, 0.2) is 54.9 Å². The highest BCUT2D eigenvalue weighted by atomic mass is 35.5. The third-order valence-electron chi connectivity index (χ3n) is 3.75. The fourth-order valence-electron chi connectivity index (χ4n) is 2.41. The van der Waals surface area contributed by atoms with Crippen LogP contribution in [0, 0.1) is 0 Å². The molecule has 0 saturated heterocycles. The third-order valence-corrected chi connectivity index (χ3v) is 3.98. The summed E-state index contributed by atoms with van der Waals surface area (Å²) in [6, 6.07) is 12.4. The van der Waals surface area contributed by atoms with E-state index < -0.39 is 0 Å². The van der Waals surface area contributed by atoms with E-state index in [0.29, 0.717) is 34.6 Å². The van der Waals surface area contributed by atoms with Crippen LogP contribution in [-0.2, 0) is 0 Å². The molecular weight excluding hydrogens is 380 g/mol.